The summed E-state index contributed by atoms with van der Waals surface area (Å²) in [6.45, 7) is 4.88. The number of hydrogen-bond acceptors (Lipinski definition) is 3. The molecule has 0 amide bonds. The second-order valence-electron chi connectivity index (χ2n) is 3.78. The number of alkyl halides is 1. The van der Waals surface area contributed by atoms with E-state index >= 15 is 0 Å². The van der Waals surface area contributed by atoms with Crippen LogP contribution in [-0.2, 0) is 6.54 Å². The average Bonchev–Trinajstić information content (AvgIpc) is 2.60. The lowest BCUT2D eigenvalue weighted by molar-refractivity contribution is 0.554. The Kier molecular flexibility index (Phi) is 6.20. The SMILES string of the molecule is CCn1c(SCCC(C)CCBr)n[nH]c1=O. The van der Waals surface area contributed by atoms with Crippen LogP contribution in [0.3, 0.4) is 0 Å². The quantitative estimate of drug-likeness (QED) is 0.622. The molecule has 1 heterocycles. The standard InChI is InChI=1S/C10H18BrN3OS/c1-3-14-9(15)12-13-10(14)16-7-5-8(2)4-6-11/h8H,3-7H2,1-2H3,(H,12,15). The molecule has 1 aromatic heterocycles. The van der Waals surface area contributed by atoms with Gasteiger partial charge in [0.1, 0.15) is 0 Å². The lowest BCUT2D eigenvalue weighted by atomic mass is 10.1. The Morgan fingerprint density at radius 3 is 2.94 bits per heavy atom. The molecule has 0 aliphatic rings. The number of aromatic nitrogens is 3. The molecule has 92 valence electrons. The molecule has 0 radical (unpaired) electrons. The van der Waals surface area contributed by atoms with Crippen LogP contribution in [0.25, 0.3) is 0 Å². The van der Waals surface area contributed by atoms with Crippen molar-refractivity contribution in [2.75, 3.05) is 11.1 Å². The van der Waals surface area contributed by atoms with Gasteiger partial charge in [0.05, 0.1) is 0 Å². The highest BCUT2D eigenvalue weighted by Gasteiger charge is 2.08. The van der Waals surface area contributed by atoms with Gasteiger partial charge in [-0.3, -0.25) is 4.57 Å². The van der Waals surface area contributed by atoms with E-state index in [1.54, 1.807) is 16.3 Å². The molecule has 6 heteroatoms. The van der Waals surface area contributed by atoms with Gasteiger partial charge in [0.15, 0.2) is 5.16 Å². The van der Waals surface area contributed by atoms with Gasteiger partial charge < -0.3 is 0 Å². The van der Waals surface area contributed by atoms with Crippen molar-refractivity contribution >= 4 is 27.7 Å². The Bertz CT molecular complexity index is 363. The fraction of sp³-hybridized carbons (Fsp3) is 0.800. The van der Waals surface area contributed by atoms with E-state index < -0.39 is 0 Å². The molecule has 0 aliphatic carbocycles. The van der Waals surface area contributed by atoms with E-state index in [1.807, 2.05) is 6.92 Å². The lowest BCUT2D eigenvalue weighted by Gasteiger charge is -2.08. The van der Waals surface area contributed by atoms with E-state index in [0.29, 0.717) is 12.5 Å². The molecular weight excluding hydrogens is 290 g/mol. The zero-order valence-corrected chi connectivity index (χ0v) is 12.1. The number of aromatic amines is 1. The summed E-state index contributed by atoms with van der Waals surface area (Å²) in [5, 5.41) is 8.35. The summed E-state index contributed by atoms with van der Waals surface area (Å²) in [6, 6.07) is 0. The normalized spacial score (nSPS) is 12.9. The Balaban J connectivity index is 2.40. The van der Waals surface area contributed by atoms with Crippen LogP contribution in [0.5, 0.6) is 0 Å². The van der Waals surface area contributed by atoms with E-state index in [4.69, 9.17) is 0 Å². The van der Waals surface area contributed by atoms with Crippen LogP contribution in [0.2, 0.25) is 0 Å². The van der Waals surface area contributed by atoms with Gasteiger partial charge in [-0.25, -0.2) is 9.89 Å². The number of halogens is 1. The molecule has 0 fully saturated rings. The third-order valence-corrected chi connectivity index (χ3v) is 3.95. The van der Waals surface area contributed by atoms with Gasteiger partial charge in [-0.15, -0.1) is 5.10 Å². The highest BCUT2D eigenvalue weighted by Crippen LogP contribution is 2.18. The molecule has 1 unspecified atom stereocenters. The number of nitrogens with one attached hydrogen (secondary N) is 1. The van der Waals surface area contributed by atoms with E-state index in [2.05, 4.69) is 33.1 Å². The minimum Gasteiger partial charge on any atom is -0.270 e. The molecule has 16 heavy (non-hydrogen) atoms. The largest absolute Gasteiger partial charge is 0.343 e. The first-order valence-corrected chi connectivity index (χ1v) is 7.63. The molecular formula is C10H18BrN3OS. The molecule has 0 saturated heterocycles. The molecule has 0 aliphatic heterocycles. The van der Waals surface area contributed by atoms with Crippen molar-refractivity contribution in [3.63, 3.8) is 0 Å². The Labute approximate surface area is 108 Å². The number of rotatable bonds is 7. The first-order chi connectivity index (χ1) is 7.69. The smallest absolute Gasteiger partial charge is 0.270 e. The minimum absolute atomic E-state index is 0.112. The Morgan fingerprint density at radius 1 is 1.56 bits per heavy atom. The van der Waals surface area contributed by atoms with Gasteiger partial charge in [-0.05, 0) is 25.7 Å². The van der Waals surface area contributed by atoms with Crippen molar-refractivity contribution in [3.05, 3.63) is 10.5 Å². The summed E-state index contributed by atoms with van der Waals surface area (Å²) in [6.07, 6.45) is 2.35. The number of H-pyrrole nitrogens is 1. The maximum atomic E-state index is 11.3. The van der Waals surface area contributed by atoms with Crippen molar-refractivity contribution < 1.29 is 0 Å². The molecule has 4 nitrogen and oxygen atoms in total. The monoisotopic (exact) mass is 307 g/mol. The van der Waals surface area contributed by atoms with Gasteiger partial charge in [0.2, 0.25) is 0 Å². The predicted octanol–water partition coefficient (Wildman–Crippen LogP) is 2.49. The molecule has 0 saturated carbocycles. The van der Waals surface area contributed by atoms with Gasteiger partial charge in [-0.1, -0.05) is 34.6 Å². The van der Waals surface area contributed by atoms with Crippen LogP contribution in [0.4, 0.5) is 0 Å². The van der Waals surface area contributed by atoms with Crippen molar-refractivity contribution in [2.24, 2.45) is 5.92 Å². The highest BCUT2D eigenvalue weighted by molar-refractivity contribution is 9.09. The Hall–Kier alpha value is -0.230. The minimum atomic E-state index is -0.112. The average molecular weight is 308 g/mol. The van der Waals surface area contributed by atoms with Gasteiger partial charge in [0.25, 0.3) is 0 Å². The second kappa shape index (κ2) is 7.17. The first kappa shape index (κ1) is 13.8. The molecule has 1 aromatic rings. The van der Waals surface area contributed by atoms with E-state index in [-0.39, 0.29) is 5.69 Å². The summed E-state index contributed by atoms with van der Waals surface area (Å²) in [4.78, 5) is 11.3. The summed E-state index contributed by atoms with van der Waals surface area (Å²) in [5.74, 6) is 1.73. The lowest BCUT2D eigenvalue weighted by Crippen LogP contribution is -2.16. The summed E-state index contributed by atoms with van der Waals surface area (Å²) in [5.41, 5.74) is -0.112. The van der Waals surface area contributed by atoms with Crippen LogP contribution in [0, 0.1) is 5.92 Å². The van der Waals surface area contributed by atoms with E-state index in [0.717, 1.165) is 22.7 Å². The van der Waals surface area contributed by atoms with Gasteiger partial charge in [0, 0.05) is 17.6 Å². The molecule has 1 atom stereocenters. The van der Waals surface area contributed by atoms with Gasteiger partial charge in [-0.2, -0.15) is 0 Å². The molecule has 0 spiro atoms. The molecule has 1 rings (SSSR count). The van der Waals surface area contributed by atoms with Crippen LogP contribution in [-0.4, -0.2) is 25.8 Å². The van der Waals surface area contributed by atoms with Crippen LogP contribution < -0.4 is 5.69 Å². The number of nitrogens with zero attached hydrogens (tertiary/aromatic N) is 2. The maximum absolute atomic E-state index is 11.3. The van der Waals surface area contributed by atoms with E-state index in [1.165, 1.54) is 6.42 Å². The maximum Gasteiger partial charge on any atom is 0.343 e. The first-order valence-electron chi connectivity index (χ1n) is 5.53. The summed E-state index contributed by atoms with van der Waals surface area (Å²) in [7, 11) is 0. The Morgan fingerprint density at radius 2 is 2.31 bits per heavy atom. The third-order valence-electron chi connectivity index (χ3n) is 2.48. The summed E-state index contributed by atoms with van der Waals surface area (Å²) < 4.78 is 1.67. The third kappa shape index (κ3) is 3.97. The van der Waals surface area contributed by atoms with Crippen LogP contribution in [0.15, 0.2) is 9.95 Å². The molecule has 0 aromatic carbocycles. The topological polar surface area (TPSA) is 50.7 Å². The van der Waals surface area contributed by atoms with E-state index in [9.17, 15) is 4.79 Å². The van der Waals surface area contributed by atoms with Crippen molar-refractivity contribution in [1.82, 2.24) is 14.8 Å². The van der Waals surface area contributed by atoms with Crippen LogP contribution in [0.1, 0.15) is 26.7 Å². The molecule has 1 N–H and O–H groups in total. The van der Waals surface area contributed by atoms with Crippen molar-refractivity contribution in [2.45, 2.75) is 38.4 Å². The summed E-state index contributed by atoms with van der Waals surface area (Å²) >= 11 is 5.10. The fourth-order valence-electron chi connectivity index (χ4n) is 1.37. The predicted molar refractivity (Wildman–Crippen MR) is 71.4 cm³/mol. The second-order valence-corrected chi connectivity index (χ2v) is 5.63. The van der Waals surface area contributed by atoms with Crippen LogP contribution >= 0.6 is 27.7 Å². The zero-order chi connectivity index (χ0) is 12.0. The van der Waals surface area contributed by atoms with Gasteiger partial charge >= 0.3 is 5.69 Å². The van der Waals surface area contributed by atoms with Crippen molar-refractivity contribution in [1.29, 1.82) is 0 Å². The fourth-order valence-corrected chi connectivity index (χ4v) is 3.34. The number of thioether (sulfide) groups is 1. The molecule has 0 bridgehead atoms. The van der Waals surface area contributed by atoms with Crippen molar-refractivity contribution in [3.8, 4) is 0 Å². The highest BCUT2D eigenvalue weighted by atomic mass is 79.9. The zero-order valence-electron chi connectivity index (χ0n) is 9.70. The number of hydrogen-bond donors (Lipinski definition) is 1.